The summed E-state index contributed by atoms with van der Waals surface area (Å²) >= 11 is 0. The van der Waals surface area contributed by atoms with Crippen LogP contribution in [0.4, 0.5) is 0 Å². The Labute approximate surface area is 220 Å². The van der Waals surface area contributed by atoms with Crippen molar-refractivity contribution in [1.82, 2.24) is 26.3 Å². The van der Waals surface area contributed by atoms with Crippen LogP contribution in [0.1, 0.15) is 45.1 Å². The quantitative estimate of drug-likeness (QED) is 0.189. The standard InChI is InChI=1S/C26H36N6O6/c1-14(2)10-19(24(35)32-21(26(37)38)12-22(27)33)30-25(36)20(31-23(34)18-8-5-9-28-18)11-15-13-29-17-7-4-3-6-16(15)17/h3-4,6-7,13-14,18-21,28-29H,5,8-12H2,1-2H3,(H2,27,33)(H,30,36)(H,31,34)(H,32,35)(H,37,38). The first-order valence-corrected chi connectivity index (χ1v) is 12.8. The number of benzene rings is 1. The van der Waals surface area contributed by atoms with Gasteiger partial charge in [0, 0.05) is 23.5 Å². The van der Waals surface area contributed by atoms with Crippen molar-refractivity contribution >= 4 is 40.5 Å². The largest absolute Gasteiger partial charge is 0.480 e. The smallest absolute Gasteiger partial charge is 0.326 e. The number of carboxylic acids is 1. The van der Waals surface area contributed by atoms with Crippen LogP contribution >= 0.6 is 0 Å². The zero-order valence-corrected chi connectivity index (χ0v) is 21.6. The van der Waals surface area contributed by atoms with Crippen LogP contribution in [0.15, 0.2) is 30.5 Å². The second-order valence-electron chi connectivity index (χ2n) is 10.0. The van der Waals surface area contributed by atoms with Crippen LogP contribution in [0.5, 0.6) is 0 Å². The average Bonchev–Trinajstić information content (AvgIpc) is 3.53. The molecule has 0 aliphatic carbocycles. The summed E-state index contributed by atoms with van der Waals surface area (Å²) in [6, 6.07) is 3.56. The summed E-state index contributed by atoms with van der Waals surface area (Å²) in [7, 11) is 0. The van der Waals surface area contributed by atoms with Gasteiger partial charge in [-0.1, -0.05) is 32.0 Å². The molecule has 1 aromatic carbocycles. The Bertz CT molecular complexity index is 1170. The highest BCUT2D eigenvalue weighted by Gasteiger charge is 2.32. The summed E-state index contributed by atoms with van der Waals surface area (Å²) in [5.74, 6) is -3.97. The molecular formula is C26H36N6O6. The van der Waals surface area contributed by atoms with E-state index in [2.05, 4.69) is 26.3 Å². The number of carboxylic acid groups (broad SMARTS) is 1. The fourth-order valence-electron chi connectivity index (χ4n) is 4.56. The number of H-pyrrole nitrogens is 1. The number of hydrogen-bond acceptors (Lipinski definition) is 6. The minimum absolute atomic E-state index is 0.0326. The van der Waals surface area contributed by atoms with Crippen molar-refractivity contribution < 1.29 is 29.1 Å². The van der Waals surface area contributed by atoms with Gasteiger partial charge >= 0.3 is 5.97 Å². The molecule has 206 valence electrons. The minimum atomic E-state index is -1.53. The first-order valence-electron chi connectivity index (χ1n) is 12.8. The Hall–Kier alpha value is -3.93. The van der Waals surface area contributed by atoms with Crippen molar-refractivity contribution in [1.29, 1.82) is 0 Å². The number of nitrogens with one attached hydrogen (secondary N) is 5. The van der Waals surface area contributed by atoms with Crippen LogP contribution in [0, 0.1) is 5.92 Å². The summed E-state index contributed by atoms with van der Waals surface area (Å²) < 4.78 is 0. The molecule has 1 aliphatic rings. The molecule has 1 saturated heterocycles. The number of rotatable bonds is 13. The van der Waals surface area contributed by atoms with Gasteiger partial charge in [-0.15, -0.1) is 0 Å². The van der Waals surface area contributed by atoms with Crippen molar-refractivity contribution in [2.24, 2.45) is 11.7 Å². The first-order chi connectivity index (χ1) is 18.0. The number of primary amides is 1. The van der Waals surface area contributed by atoms with E-state index in [0.29, 0.717) is 13.0 Å². The zero-order chi connectivity index (χ0) is 27.8. The predicted molar refractivity (Wildman–Crippen MR) is 140 cm³/mol. The van der Waals surface area contributed by atoms with Gasteiger partial charge in [-0.3, -0.25) is 19.2 Å². The molecule has 1 aliphatic heterocycles. The first kappa shape index (κ1) is 28.6. The number of para-hydroxylation sites is 1. The van der Waals surface area contributed by atoms with E-state index in [1.165, 1.54) is 0 Å². The Morgan fingerprint density at radius 2 is 1.71 bits per heavy atom. The molecule has 0 spiro atoms. The number of amides is 4. The number of nitrogens with two attached hydrogens (primary N) is 1. The summed E-state index contributed by atoms with van der Waals surface area (Å²) in [5.41, 5.74) is 6.82. The van der Waals surface area contributed by atoms with Gasteiger partial charge in [0.1, 0.15) is 18.1 Å². The normalized spacial score (nSPS) is 17.5. The van der Waals surface area contributed by atoms with E-state index in [4.69, 9.17) is 5.73 Å². The molecule has 3 rings (SSSR count). The van der Waals surface area contributed by atoms with Gasteiger partial charge in [-0.2, -0.15) is 0 Å². The van der Waals surface area contributed by atoms with Crippen LogP contribution in [-0.4, -0.2) is 70.4 Å². The zero-order valence-electron chi connectivity index (χ0n) is 21.6. The van der Waals surface area contributed by atoms with Crippen LogP contribution in [0.25, 0.3) is 10.9 Å². The Morgan fingerprint density at radius 3 is 2.34 bits per heavy atom. The number of carbonyl (C=O) groups excluding carboxylic acids is 4. The minimum Gasteiger partial charge on any atom is -0.480 e. The maximum atomic E-state index is 13.5. The molecule has 12 heteroatoms. The lowest BCUT2D eigenvalue weighted by Crippen LogP contribution is -2.58. The average molecular weight is 529 g/mol. The van der Waals surface area contributed by atoms with Crippen molar-refractivity contribution in [2.45, 2.75) is 70.1 Å². The van der Waals surface area contributed by atoms with Gasteiger partial charge in [-0.05, 0) is 43.4 Å². The van der Waals surface area contributed by atoms with Gasteiger partial charge in [0.15, 0.2) is 0 Å². The summed E-state index contributed by atoms with van der Waals surface area (Å²) in [4.78, 5) is 65.4. The second kappa shape index (κ2) is 13.0. The molecule has 0 bridgehead atoms. The van der Waals surface area contributed by atoms with Crippen LogP contribution in [0.2, 0.25) is 0 Å². The second-order valence-corrected chi connectivity index (χ2v) is 10.0. The molecule has 1 aromatic heterocycles. The number of carbonyl (C=O) groups is 5. The molecule has 4 amide bonds. The van der Waals surface area contributed by atoms with Crippen molar-refractivity contribution in [3.8, 4) is 0 Å². The predicted octanol–water partition coefficient (Wildman–Crippen LogP) is -0.0771. The fourth-order valence-corrected chi connectivity index (χ4v) is 4.56. The summed E-state index contributed by atoms with van der Waals surface area (Å²) in [6.07, 6.45) is 3.08. The highest BCUT2D eigenvalue weighted by molar-refractivity contribution is 5.95. The molecule has 1 fully saturated rings. The maximum absolute atomic E-state index is 13.5. The van der Waals surface area contributed by atoms with E-state index in [1.54, 1.807) is 6.20 Å². The Balaban J connectivity index is 1.81. The molecule has 12 nitrogen and oxygen atoms in total. The Kier molecular flexibility index (Phi) is 9.83. The number of hydrogen-bond donors (Lipinski definition) is 7. The third-order valence-electron chi connectivity index (χ3n) is 6.47. The highest BCUT2D eigenvalue weighted by atomic mass is 16.4. The van der Waals surface area contributed by atoms with Gasteiger partial charge in [0.25, 0.3) is 0 Å². The maximum Gasteiger partial charge on any atom is 0.326 e. The molecule has 4 unspecified atom stereocenters. The number of aliphatic carboxylic acids is 1. The van der Waals surface area contributed by atoms with Gasteiger partial charge in [-0.25, -0.2) is 4.79 Å². The Morgan fingerprint density at radius 1 is 1.03 bits per heavy atom. The molecule has 0 saturated carbocycles. The van der Waals surface area contributed by atoms with Crippen molar-refractivity contribution in [3.63, 3.8) is 0 Å². The third kappa shape index (κ3) is 7.78. The lowest BCUT2D eigenvalue weighted by atomic mass is 10.00. The van der Waals surface area contributed by atoms with E-state index in [9.17, 15) is 29.1 Å². The van der Waals surface area contributed by atoms with E-state index in [0.717, 1.165) is 22.9 Å². The number of fused-ring (bicyclic) bond motifs is 1. The van der Waals surface area contributed by atoms with E-state index in [1.807, 2.05) is 38.1 Å². The highest BCUT2D eigenvalue weighted by Crippen LogP contribution is 2.20. The number of aromatic nitrogens is 1. The molecular weight excluding hydrogens is 492 g/mol. The van der Waals surface area contributed by atoms with E-state index in [-0.39, 0.29) is 24.7 Å². The molecule has 38 heavy (non-hydrogen) atoms. The van der Waals surface area contributed by atoms with E-state index >= 15 is 0 Å². The van der Waals surface area contributed by atoms with Crippen LogP contribution in [0.3, 0.4) is 0 Å². The molecule has 4 atom stereocenters. The van der Waals surface area contributed by atoms with Gasteiger partial charge in [0.2, 0.25) is 23.6 Å². The van der Waals surface area contributed by atoms with Crippen molar-refractivity contribution in [2.75, 3.05) is 6.54 Å². The monoisotopic (exact) mass is 528 g/mol. The number of aromatic amines is 1. The van der Waals surface area contributed by atoms with Crippen molar-refractivity contribution in [3.05, 3.63) is 36.0 Å². The van der Waals surface area contributed by atoms with Crippen LogP contribution in [-0.2, 0) is 30.4 Å². The lowest BCUT2D eigenvalue weighted by molar-refractivity contribution is -0.143. The molecule has 2 heterocycles. The molecule has 0 radical (unpaired) electrons. The lowest BCUT2D eigenvalue weighted by Gasteiger charge is -2.26. The van der Waals surface area contributed by atoms with Gasteiger partial charge < -0.3 is 37.1 Å². The summed E-state index contributed by atoms with van der Waals surface area (Å²) in [6.45, 7) is 4.41. The summed E-state index contributed by atoms with van der Waals surface area (Å²) in [5, 5.41) is 21.2. The topological polar surface area (TPSA) is 196 Å². The third-order valence-corrected chi connectivity index (χ3v) is 6.47. The van der Waals surface area contributed by atoms with Crippen LogP contribution < -0.4 is 27.0 Å². The van der Waals surface area contributed by atoms with E-state index < -0.39 is 54.3 Å². The molecule has 2 aromatic rings. The van der Waals surface area contributed by atoms with Gasteiger partial charge in [0.05, 0.1) is 12.5 Å². The SMILES string of the molecule is CC(C)CC(NC(=O)C(Cc1c[nH]c2ccccc12)NC(=O)C1CCCN1)C(=O)NC(CC(N)=O)C(=O)O. The molecule has 8 N–H and O–H groups in total. The fraction of sp³-hybridized carbons (Fsp3) is 0.500.